The second kappa shape index (κ2) is 8.87. The Morgan fingerprint density at radius 2 is 1.87 bits per heavy atom. The standard InChI is InChI=1S/C22H21F3N2O2S/c1-14(2)27(3)21(28)19-13-30-20(26-19)16-7-9-18(10-8-16)29-12-15-5-4-6-17(11-15)22(23,24)25/h4-11,13-14H,12H2,1-3H3. The fraction of sp³-hybridized carbons (Fsp3) is 0.273. The zero-order valence-corrected chi connectivity index (χ0v) is 17.6. The molecule has 0 bridgehead atoms. The smallest absolute Gasteiger partial charge is 0.416 e. The molecule has 0 saturated carbocycles. The van der Waals surface area contributed by atoms with E-state index >= 15 is 0 Å². The summed E-state index contributed by atoms with van der Waals surface area (Å²) in [5.41, 5.74) is 0.969. The number of hydrogen-bond acceptors (Lipinski definition) is 4. The van der Waals surface area contributed by atoms with Crippen molar-refractivity contribution in [3.8, 4) is 16.3 Å². The van der Waals surface area contributed by atoms with Crippen molar-refractivity contribution in [2.75, 3.05) is 7.05 Å². The number of ether oxygens (including phenoxy) is 1. The molecule has 0 atom stereocenters. The summed E-state index contributed by atoms with van der Waals surface area (Å²) < 4.78 is 44.0. The number of alkyl halides is 3. The first kappa shape index (κ1) is 21.8. The average molecular weight is 434 g/mol. The van der Waals surface area contributed by atoms with Crippen molar-refractivity contribution in [2.45, 2.75) is 32.7 Å². The maximum absolute atomic E-state index is 12.8. The Balaban J connectivity index is 1.65. The third-order valence-electron chi connectivity index (χ3n) is 4.58. The molecule has 0 radical (unpaired) electrons. The number of thiazole rings is 1. The molecule has 0 aliphatic heterocycles. The lowest BCUT2D eigenvalue weighted by Crippen LogP contribution is -2.33. The van der Waals surface area contributed by atoms with E-state index in [0.29, 0.717) is 22.0 Å². The van der Waals surface area contributed by atoms with E-state index in [4.69, 9.17) is 4.74 Å². The second-order valence-corrected chi connectivity index (χ2v) is 7.92. The van der Waals surface area contributed by atoms with Crippen molar-refractivity contribution >= 4 is 17.2 Å². The van der Waals surface area contributed by atoms with Gasteiger partial charge in [0.15, 0.2) is 0 Å². The molecule has 30 heavy (non-hydrogen) atoms. The number of amides is 1. The van der Waals surface area contributed by atoms with Crippen LogP contribution in [0.1, 0.15) is 35.5 Å². The van der Waals surface area contributed by atoms with Crippen LogP contribution >= 0.6 is 11.3 Å². The van der Waals surface area contributed by atoms with E-state index in [0.717, 1.165) is 17.7 Å². The molecule has 158 valence electrons. The molecule has 4 nitrogen and oxygen atoms in total. The molecule has 2 aromatic carbocycles. The summed E-state index contributed by atoms with van der Waals surface area (Å²) in [5.74, 6) is 0.400. The van der Waals surface area contributed by atoms with Gasteiger partial charge in [0.05, 0.1) is 5.56 Å². The number of benzene rings is 2. The van der Waals surface area contributed by atoms with Gasteiger partial charge in [-0.05, 0) is 55.8 Å². The molecule has 3 aromatic rings. The van der Waals surface area contributed by atoms with Crippen LogP contribution < -0.4 is 4.74 Å². The molecule has 0 aliphatic rings. The van der Waals surface area contributed by atoms with Crippen molar-refractivity contribution in [2.24, 2.45) is 0 Å². The minimum atomic E-state index is -4.38. The van der Waals surface area contributed by atoms with Crippen LogP contribution in [0.4, 0.5) is 13.2 Å². The number of aromatic nitrogens is 1. The van der Waals surface area contributed by atoms with Gasteiger partial charge in [-0.1, -0.05) is 12.1 Å². The first-order chi connectivity index (χ1) is 14.1. The Morgan fingerprint density at radius 1 is 1.17 bits per heavy atom. The summed E-state index contributed by atoms with van der Waals surface area (Å²) in [5, 5.41) is 2.44. The first-order valence-electron chi connectivity index (χ1n) is 9.27. The number of rotatable bonds is 6. The van der Waals surface area contributed by atoms with Crippen LogP contribution in [0, 0.1) is 0 Å². The van der Waals surface area contributed by atoms with Gasteiger partial charge in [0, 0.05) is 24.0 Å². The Kier molecular flexibility index (Phi) is 6.45. The summed E-state index contributed by atoms with van der Waals surface area (Å²) in [6, 6.07) is 12.2. The molecular formula is C22H21F3N2O2S. The quantitative estimate of drug-likeness (QED) is 0.486. The van der Waals surface area contributed by atoms with Crippen molar-refractivity contribution < 1.29 is 22.7 Å². The maximum atomic E-state index is 12.8. The van der Waals surface area contributed by atoms with Crippen molar-refractivity contribution in [1.82, 2.24) is 9.88 Å². The van der Waals surface area contributed by atoms with Crippen molar-refractivity contribution in [1.29, 1.82) is 0 Å². The van der Waals surface area contributed by atoms with Gasteiger partial charge in [-0.25, -0.2) is 4.98 Å². The Morgan fingerprint density at radius 3 is 2.50 bits per heavy atom. The van der Waals surface area contributed by atoms with Gasteiger partial charge in [0.2, 0.25) is 0 Å². The fourth-order valence-electron chi connectivity index (χ4n) is 2.62. The third kappa shape index (κ3) is 5.18. The predicted molar refractivity (Wildman–Crippen MR) is 111 cm³/mol. The van der Waals surface area contributed by atoms with E-state index < -0.39 is 11.7 Å². The van der Waals surface area contributed by atoms with Crippen LogP contribution in [0.2, 0.25) is 0 Å². The minimum absolute atomic E-state index is 0.0285. The van der Waals surface area contributed by atoms with Crippen LogP contribution in [-0.4, -0.2) is 28.9 Å². The van der Waals surface area contributed by atoms with Gasteiger partial charge >= 0.3 is 6.18 Å². The van der Waals surface area contributed by atoms with Crippen molar-refractivity contribution in [3.05, 3.63) is 70.7 Å². The highest BCUT2D eigenvalue weighted by molar-refractivity contribution is 7.13. The molecule has 3 rings (SSSR count). The molecule has 0 saturated heterocycles. The topological polar surface area (TPSA) is 42.4 Å². The Labute approximate surface area is 176 Å². The van der Waals surface area contributed by atoms with Gasteiger partial charge in [-0.3, -0.25) is 4.79 Å². The number of nitrogens with zero attached hydrogens (tertiary/aromatic N) is 2. The first-order valence-corrected chi connectivity index (χ1v) is 10.1. The lowest BCUT2D eigenvalue weighted by molar-refractivity contribution is -0.137. The summed E-state index contributed by atoms with van der Waals surface area (Å²) in [7, 11) is 1.74. The summed E-state index contributed by atoms with van der Waals surface area (Å²) in [6.07, 6.45) is -4.38. The molecule has 1 heterocycles. The van der Waals surface area contributed by atoms with Gasteiger partial charge in [-0.2, -0.15) is 13.2 Å². The molecule has 1 aromatic heterocycles. The van der Waals surface area contributed by atoms with E-state index in [2.05, 4.69) is 4.98 Å². The van der Waals surface area contributed by atoms with E-state index in [-0.39, 0.29) is 18.6 Å². The van der Waals surface area contributed by atoms with E-state index in [9.17, 15) is 18.0 Å². The lowest BCUT2D eigenvalue weighted by Gasteiger charge is -2.19. The summed E-state index contributed by atoms with van der Waals surface area (Å²) in [6.45, 7) is 3.90. The predicted octanol–water partition coefficient (Wildman–Crippen LogP) is 5.89. The second-order valence-electron chi connectivity index (χ2n) is 7.06. The van der Waals surface area contributed by atoms with Crippen LogP contribution in [0.3, 0.4) is 0 Å². The van der Waals surface area contributed by atoms with Crippen LogP contribution in [-0.2, 0) is 12.8 Å². The number of carbonyl (C=O) groups excluding carboxylic acids is 1. The largest absolute Gasteiger partial charge is 0.489 e. The van der Waals surface area contributed by atoms with Crippen molar-refractivity contribution in [3.63, 3.8) is 0 Å². The van der Waals surface area contributed by atoms with Crippen LogP contribution in [0.15, 0.2) is 53.9 Å². The van der Waals surface area contributed by atoms with Crippen LogP contribution in [0.25, 0.3) is 10.6 Å². The molecule has 1 amide bonds. The summed E-state index contributed by atoms with van der Waals surface area (Å²) >= 11 is 1.37. The highest BCUT2D eigenvalue weighted by Crippen LogP contribution is 2.30. The molecule has 0 N–H and O–H groups in total. The highest BCUT2D eigenvalue weighted by atomic mass is 32.1. The number of halogens is 3. The molecule has 0 spiro atoms. The normalized spacial score (nSPS) is 11.6. The van der Waals surface area contributed by atoms with Gasteiger partial charge in [0.25, 0.3) is 5.91 Å². The fourth-order valence-corrected chi connectivity index (χ4v) is 3.42. The average Bonchev–Trinajstić information content (AvgIpc) is 3.21. The molecule has 0 aliphatic carbocycles. The van der Waals surface area contributed by atoms with Gasteiger partial charge < -0.3 is 9.64 Å². The summed E-state index contributed by atoms with van der Waals surface area (Å²) in [4.78, 5) is 18.4. The molecule has 8 heteroatoms. The Bertz CT molecular complexity index is 1010. The number of carbonyl (C=O) groups is 1. The van der Waals surface area contributed by atoms with Gasteiger partial charge in [0.1, 0.15) is 23.1 Å². The molecular weight excluding hydrogens is 413 g/mol. The minimum Gasteiger partial charge on any atom is -0.489 e. The molecule has 0 unspecified atom stereocenters. The zero-order chi connectivity index (χ0) is 21.9. The monoisotopic (exact) mass is 434 g/mol. The Hall–Kier alpha value is -2.87. The SMILES string of the molecule is CC(C)N(C)C(=O)c1csc(-c2ccc(OCc3cccc(C(F)(F)F)c3)cc2)n1. The van der Waals surface area contributed by atoms with E-state index in [1.54, 1.807) is 47.7 Å². The van der Waals surface area contributed by atoms with E-state index in [1.165, 1.54) is 17.4 Å². The highest BCUT2D eigenvalue weighted by Gasteiger charge is 2.30. The lowest BCUT2D eigenvalue weighted by atomic mass is 10.1. The number of hydrogen-bond donors (Lipinski definition) is 0. The van der Waals surface area contributed by atoms with Gasteiger partial charge in [-0.15, -0.1) is 11.3 Å². The van der Waals surface area contributed by atoms with E-state index in [1.807, 2.05) is 13.8 Å². The maximum Gasteiger partial charge on any atom is 0.416 e. The zero-order valence-electron chi connectivity index (χ0n) is 16.7. The van der Waals surface area contributed by atoms with Crippen LogP contribution in [0.5, 0.6) is 5.75 Å². The molecule has 0 fully saturated rings. The third-order valence-corrected chi connectivity index (χ3v) is 5.47.